The third kappa shape index (κ3) is 5.51. The van der Waals surface area contributed by atoms with Crippen molar-refractivity contribution in [3.63, 3.8) is 0 Å². The number of likely N-dealkylation sites (tertiary alicyclic amines) is 1. The van der Waals surface area contributed by atoms with Crippen molar-refractivity contribution < 1.29 is 9.53 Å². The number of carbonyl (C=O) groups is 1. The molecule has 3 N–H and O–H groups in total. The summed E-state index contributed by atoms with van der Waals surface area (Å²) in [4.78, 5) is 15.6. The fourth-order valence-electron chi connectivity index (χ4n) is 3.93. The topological polar surface area (TPSA) is 82.3 Å². The third-order valence-corrected chi connectivity index (χ3v) is 5.65. The number of anilines is 1. The molecule has 0 spiro atoms. The lowest BCUT2D eigenvalue weighted by atomic mass is 10.0. The monoisotopic (exact) mass is 419 g/mol. The molecule has 1 fully saturated rings. The van der Waals surface area contributed by atoms with Crippen LogP contribution in [0.4, 0.5) is 5.69 Å². The molecule has 0 saturated carbocycles. The first-order valence-electron chi connectivity index (χ1n) is 10.7. The van der Waals surface area contributed by atoms with Gasteiger partial charge in [0.2, 0.25) is 5.91 Å². The van der Waals surface area contributed by atoms with Crippen LogP contribution in [0.1, 0.15) is 24.4 Å². The molecule has 0 radical (unpaired) electrons. The van der Waals surface area contributed by atoms with E-state index in [4.69, 9.17) is 4.74 Å². The zero-order valence-electron chi connectivity index (χ0n) is 17.8. The Balaban J connectivity index is 1.45. The van der Waals surface area contributed by atoms with Crippen LogP contribution in [-0.2, 0) is 4.79 Å². The molecule has 2 heterocycles. The number of benzene rings is 2. The van der Waals surface area contributed by atoms with E-state index in [-0.39, 0.29) is 5.91 Å². The predicted octanol–water partition coefficient (Wildman–Crippen LogP) is 3.45. The van der Waals surface area contributed by atoms with Gasteiger partial charge in [0.05, 0.1) is 13.3 Å². The molecule has 31 heavy (non-hydrogen) atoms. The van der Waals surface area contributed by atoms with E-state index >= 15 is 0 Å². The Labute approximate surface area is 182 Å². The second-order valence-electron chi connectivity index (χ2n) is 7.77. The van der Waals surface area contributed by atoms with E-state index in [1.165, 1.54) is 12.8 Å². The van der Waals surface area contributed by atoms with E-state index in [1.54, 1.807) is 13.3 Å². The van der Waals surface area contributed by atoms with Gasteiger partial charge in [-0.2, -0.15) is 5.10 Å². The Morgan fingerprint density at radius 2 is 1.97 bits per heavy atom. The number of methoxy groups -OCH3 is 1. The minimum Gasteiger partial charge on any atom is -0.497 e. The van der Waals surface area contributed by atoms with Crippen LogP contribution in [0, 0.1) is 0 Å². The van der Waals surface area contributed by atoms with Crippen molar-refractivity contribution in [2.45, 2.75) is 18.9 Å². The number of hydrogen-bond donors (Lipinski definition) is 3. The van der Waals surface area contributed by atoms with E-state index in [9.17, 15) is 4.79 Å². The fraction of sp³-hybridized carbons (Fsp3) is 0.333. The number of H-pyrrole nitrogens is 1. The van der Waals surface area contributed by atoms with Gasteiger partial charge in [-0.05, 0) is 61.3 Å². The summed E-state index contributed by atoms with van der Waals surface area (Å²) in [5.41, 5.74) is 3.69. The normalized spacial score (nSPS) is 15.0. The van der Waals surface area contributed by atoms with Crippen molar-refractivity contribution in [1.82, 2.24) is 20.4 Å². The molecule has 1 aromatic heterocycles. The number of rotatable bonds is 9. The zero-order valence-corrected chi connectivity index (χ0v) is 17.8. The highest BCUT2D eigenvalue weighted by Gasteiger charge is 2.21. The minimum atomic E-state index is -0.466. The number of hydrogen-bond acceptors (Lipinski definition) is 5. The predicted molar refractivity (Wildman–Crippen MR) is 122 cm³/mol. The summed E-state index contributed by atoms with van der Waals surface area (Å²) >= 11 is 0. The molecule has 2 aromatic carbocycles. The summed E-state index contributed by atoms with van der Waals surface area (Å²) in [6, 6.07) is 15.0. The summed E-state index contributed by atoms with van der Waals surface area (Å²) in [6.45, 7) is 3.96. The maximum absolute atomic E-state index is 13.2. The van der Waals surface area contributed by atoms with Gasteiger partial charge in [-0.1, -0.05) is 24.3 Å². The number of carbonyl (C=O) groups excluding carboxylic acids is 1. The van der Waals surface area contributed by atoms with Crippen LogP contribution in [-0.4, -0.2) is 54.3 Å². The van der Waals surface area contributed by atoms with Gasteiger partial charge in [0.1, 0.15) is 11.8 Å². The van der Waals surface area contributed by atoms with Crippen LogP contribution in [0.3, 0.4) is 0 Å². The Morgan fingerprint density at radius 1 is 1.16 bits per heavy atom. The zero-order chi connectivity index (χ0) is 21.5. The fourth-order valence-corrected chi connectivity index (χ4v) is 3.93. The third-order valence-electron chi connectivity index (χ3n) is 5.65. The molecule has 4 rings (SSSR count). The highest BCUT2D eigenvalue weighted by atomic mass is 16.5. The second kappa shape index (κ2) is 10.2. The maximum Gasteiger partial charge on any atom is 0.246 e. The average molecular weight is 420 g/mol. The van der Waals surface area contributed by atoms with Gasteiger partial charge in [-0.25, -0.2) is 0 Å². The first-order valence-corrected chi connectivity index (χ1v) is 10.7. The van der Waals surface area contributed by atoms with E-state index in [0.29, 0.717) is 0 Å². The van der Waals surface area contributed by atoms with Gasteiger partial charge in [-0.15, -0.1) is 0 Å². The van der Waals surface area contributed by atoms with E-state index in [2.05, 4.69) is 25.7 Å². The summed E-state index contributed by atoms with van der Waals surface area (Å²) in [7, 11) is 1.64. The summed E-state index contributed by atoms with van der Waals surface area (Å²) < 4.78 is 5.36. The smallest absolute Gasteiger partial charge is 0.246 e. The highest BCUT2D eigenvalue weighted by Crippen LogP contribution is 2.23. The van der Waals surface area contributed by atoms with E-state index in [0.717, 1.165) is 54.3 Å². The molecule has 0 bridgehead atoms. The molecule has 0 aliphatic carbocycles. The van der Waals surface area contributed by atoms with Gasteiger partial charge in [0.25, 0.3) is 0 Å². The molecule has 1 saturated heterocycles. The summed E-state index contributed by atoms with van der Waals surface area (Å²) in [5.74, 6) is 0.645. The molecule has 7 nitrogen and oxygen atoms in total. The number of amides is 1. The number of ether oxygens (including phenoxy) is 1. The number of nitrogens with zero attached hydrogens (tertiary/aromatic N) is 2. The van der Waals surface area contributed by atoms with Crippen LogP contribution >= 0.6 is 0 Å². The van der Waals surface area contributed by atoms with Crippen molar-refractivity contribution in [3.8, 4) is 16.9 Å². The van der Waals surface area contributed by atoms with Crippen molar-refractivity contribution in [3.05, 3.63) is 66.5 Å². The van der Waals surface area contributed by atoms with E-state index in [1.807, 2.05) is 54.7 Å². The van der Waals surface area contributed by atoms with E-state index < -0.39 is 6.04 Å². The molecular formula is C24H29N5O2. The van der Waals surface area contributed by atoms with Gasteiger partial charge in [-0.3, -0.25) is 9.89 Å². The Bertz CT molecular complexity index is 966. The Kier molecular flexibility index (Phi) is 6.96. The lowest BCUT2D eigenvalue weighted by Crippen LogP contribution is -2.37. The molecular weight excluding hydrogens is 390 g/mol. The van der Waals surface area contributed by atoms with Crippen LogP contribution in [0.25, 0.3) is 11.1 Å². The largest absolute Gasteiger partial charge is 0.497 e. The van der Waals surface area contributed by atoms with Gasteiger partial charge in [0, 0.05) is 30.5 Å². The van der Waals surface area contributed by atoms with Crippen LogP contribution in [0.5, 0.6) is 5.75 Å². The molecule has 3 aromatic rings. The second-order valence-corrected chi connectivity index (χ2v) is 7.77. The number of nitrogens with one attached hydrogen (secondary N) is 3. The molecule has 7 heteroatoms. The Hall–Kier alpha value is -3.16. The first kappa shape index (κ1) is 21.1. The maximum atomic E-state index is 13.2. The molecule has 1 aliphatic rings. The number of aromatic amines is 1. The first-order chi connectivity index (χ1) is 15.2. The van der Waals surface area contributed by atoms with Crippen LogP contribution in [0.15, 0.2) is 60.9 Å². The molecule has 1 aliphatic heterocycles. The lowest BCUT2D eigenvalue weighted by Gasteiger charge is -2.22. The number of aromatic nitrogens is 2. The summed E-state index contributed by atoms with van der Waals surface area (Å²) in [6.07, 6.45) is 6.14. The van der Waals surface area contributed by atoms with Crippen molar-refractivity contribution >= 4 is 11.6 Å². The standard InChI is InChI=1S/C24H29N5O2/c1-31-22-6-4-5-19(15-22)23(25-11-14-29-12-2-3-13-29)24(30)28-21-9-7-18(8-10-21)20-16-26-27-17-20/h4-10,15-17,23,25H,2-3,11-14H2,1H3,(H,26,27)(H,28,30). The minimum absolute atomic E-state index is 0.0919. The van der Waals surface area contributed by atoms with Crippen molar-refractivity contribution in [2.24, 2.45) is 0 Å². The quantitative estimate of drug-likeness (QED) is 0.495. The SMILES string of the molecule is COc1cccc(C(NCCN2CCCC2)C(=O)Nc2ccc(-c3cn[nH]c3)cc2)c1. The molecule has 1 amide bonds. The highest BCUT2D eigenvalue weighted by molar-refractivity contribution is 5.95. The lowest BCUT2D eigenvalue weighted by molar-refractivity contribution is -0.118. The Morgan fingerprint density at radius 3 is 2.68 bits per heavy atom. The summed E-state index contributed by atoms with van der Waals surface area (Å²) in [5, 5.41) is 13.3. The van der Waals surface area contributed by atoms with Crippen molar-refractivity contribution in [2.75, 3.05) is 38.6 Å². The average Bonchev–Trinajstić information content (AvgIpc) is 3.52. The molecule has 162 valence electrons. The van der Waals surface area contributed by atoms with Crippen LogP contribution < -0.4 is 15.4 Å². The van der Waals surface area contributed by atoms with Crippen LogP contribution in [0.2, 0.25) is 0 Å². The van der Waals surface area contributed by atoms with Gasteiger partial charge < -0.3 is 20.3 Å². The van der Waals surface area contributed by atoms with Gasteiger partial charge >= 0.3 is 0 Å². The van der Waals surface area contributed by atoms with Crippen molar-refractivity contribution in [1.29, 1.82) is 0 Å². The van der Waals surface area contributed by atoms with Gasteiger partial charge in [0.15, 0.2) is 0 Å². The molecule has 1 unspecified atom stereocenters. The molecule has 1 atom stereocenters.